The van der Waals surface area contributed by atoms with Crippen LogP contribution in [0, 0.1) is 11.6 Å². The molecule has 2 fully saturated rings. The number of rotatable bonds is 5. The predicted octanol–water partition coefficient (Wildman–Crippen LogP) is 4.44. The molecule has 42 heavy (non-hydrogen) atoms. The van der Waals surface area contributed by atoms with E-state index in [1.807, 2.05) is 11.8 Å². The molecular formula is C29H33F5N6OS. The van der Waals surface area contributed by atoms with Crippen LogP contribution in [0.2, 0.25) is 0 Å². The molecule has 2 atom stereocenters. The minimum Gasteiger partial charge on any atom is -0.351 e. The number of anilines is 1. The van der Waals surface area contributed by atoms with E-state index in [0.717, 1.165) is 50.9 Å². The molecule has 13 heteroatoms. The van der Waals surface area contributed by atoms with Crippen molar-refractivity contribution in [1.82, 2.24) is 24.7 Å². The summed E-state index contributed by atoms with van der Waals surface area (Å²) in [6.07, 6.45) is -4.84. The van der Waals surface area contributed by atoms with E-state index in [-0.39, 0.29) is 39.3 Å². The fourth-order valence-corrected chi connectivity index (χ4v) is 7.69. The molecule has 0 radical (unpaired) electrons. The molecule has 7 nitrogen and oxygen atoms in total. The maximum Gasteiger partial charge on any atom is 0.417 e. The highest BCUT2D eigenvalue weighted by atomic mass is 32.2. The molecule has 0 spiro atoms. The van der Waals surface area contributed by atoms with E-state index in [2.05, 4.69) is 27.0 Å². The first-order chi connectivity index (χ1) is 20.1. The van der Waals surface area contributed by atoms with Crippen molar-refractivity contribution in [2.24, 2.45) is 0 Å². The van der Waals surface area contributed by atoms with Gasteiger partial charge in [-0.1, -0.05) is 6.92 Å². The molecule has 3 aliphatic heterocycles. The van der Waals surface area contributed by atoms with Gasteiger partial charge in [-0.25, -0.2) is 13.6 Å². The fraction of sp³-hybridized carbons (Fsp3) is 0.517. The lowest BCUT2D eigenvalue weighted by Crippen LogP contribution is -2.51. The third-order valence-corrected chi connectivity index (χ3v) is 9.83. The number of likely N-dealkylation sites (N-methyl/N-ethyl adjacent to an activating group) is 1. The van der Waals surface area contributed by atoms with Crippen molar-refractivity contribution < 1.29 is 22.0 Å². The lowest BCUT2D eigenvalue weighted by atomic mass is 9.95. The Morgan fingerprint density at radius 2 is 1.81 bits per heavy atom. The van der Waals surface area contributed by atoms with Crippen LogP contribution in [0.1, 0.15) is 25.5 Å². The zero-order valence-electron chi connectivity index (χ0n) is 23.5. The summed E-state index contributed by atoms with van der Waals surface area (Å²) in [4.78, 5) is 24.9. The van der Waals surface area contributed by atoms with Crippen molar-refractivity contribution in [3.8, 4) is 11.1 Å². The average Bonchev–Trinajstić information content (AvgIpc) is 2.95. The third-order valence-electron chi connectivity index (χ3n) is 8.59. The van der Waals surface area contributed by atoms with Gasteiger partial charge in [-0.05, 0) is 31.7 Å². The second-order valence-electron chi connectivity index (χ2n) is 11.2. The van der Waals surface area contributed by atoms with Gasteiger partial charge >= 0.3 is 11.9 Å². The summed E-state index contributed by atoms with van der Waals surface area (Å²) in [6, 6.07) is 3.14. The topological polar surface area (TPSA) is 56.6 Å². The molecule has 3 aromatic rings. The minimum absolute atomic E-state index is 0.113. The number of nitrogens with one attached hydrogen (secondary N) is 1. The number of hydrogen-bond acceptors (Lipinski definition) is 7. The molecule has 0 unspecified atom stereocenters. The van der Waals surface area contributed by atoms with Gasteiger partial charge in [0.15, 0.2) is 0 Å². The van der Waals surface area contributed by atoms with Gasteiger partial charge in [0.05, 0.1) is 17.1 Å². The highest BCUT2D eigenvalue weighted by molar-refractivity contribution is 7.99. The van der Waals surface area contributed by atoms with Crippen LogP contribution in [0.5, 0.6) is 0 Å². The Labute approximate surface area is 244 Å². The molecule has 3 aliphatic rings. The highest BCUT2D eigenvalue weighted by Gasteiger charge is 2.40. The molecule has 1 N–H and O–H groups in total. The Morgan fingerprint density at radius 3 is 2.48 bits per heavy atom. The minimum atomic E-state index is -4.84. The molecule has 6 rings (SSSR count). The van der Waals surface area contributed by atoms with Gasteiger partial charge in [0, 0.05) is 91.6 Å². The molecule has 2 saturated heterocycles. The summed E-state index contributed by atoms with van der Waals surface area (Å²) in [5.74, 6) is -1.45. The molecule has 0 amide bonds. The van der Waals surface area contributed by atoms with Gasteiger partial charge in [-0.2, -0.15) is 18.2 Å². The smallest absolute Gasteiger partial charge is 0.351 e. The van der Waals surface area contributed by atoms with E-state index < -0.39 is 29.1 Å². The first-order valence-corrected chi connectivity index (χ1v) is 15.3. The van der Waals surface area contributed by atoms with E-state index in [1.54, 1.807) is 0 Å². The van der Waals surface area contributed by atoms with Gasteiger partial charge in [0.1, 0.15) is 17.5 Å². The Kier molecular flexibility index (Phi) is 7.96. The Hall–Kier alpha value is -2.74. The van der Waals surface area contributed by atoms with E-state index in [1.165, 1.54) is 16.3 Å². The van der Waals surface area contributed by atoms with Gasteiger partial charge in [0.25, 0.3) is 0 Å². The fourth-order valence-electron chi connectivity index (χ4n) is 6.37. The number of halogens is 5. The number of alkyl halides is 3. The molecule has 226 valence electrons. The largest absolute Gasteiger partial charge is 0.417 e. The Bertz CT molecular complexity index is 1550. The quantitative estimate of drug-likeness (QED) is 0.430. The molecule has 1 aromatic heterocycles. The zero-order chi connectivity index (χ0) is 29.8. The van der Waals surface area contributed by atoms with Crippen LogP contribution in [-0.4, -0.2) is 90.0 Å². The lowest BCUT2D eigenvalue weighted by Gasteiger charge is -2.39. The number of aromatic nitrogens is 2. The van der Waals surface area contributed by atoms with Crippen molar-refractivity contribution in [1.29, 1.82) is 0 Å². The van der Waals surface area contributed by atoms with Gasteiger partial charge in [-0.3, -0.25) is 9.47 Å². The van der Waals surface area contributed by atoms with Crippen molar-refractivity contribution in [3.05, 3.63) is 51.9 Å². The number of hydrogen-bond donors (Lipinski definition) is 1. The molecule has 2 aromatic carbocycles. The summed E-state index contributed by atoms with van der Waals surface area (Å²) in [6.45, 7) is 10.6. The summed E-state index contributed by atoms with van der Waals surface area (Å²) in [5, 5.41) is 3.47. The average molecular weight is 609 g/mol. The van der Waals surface area contributed by atoms with E-state index in [4.69, 9.17) is 0 Å². The van der Waals surface area contributed by atoms with Crippen LogP contribution < -0.4 is 15.9 Å². The van der Waals surface area contributed by atoms with Crippen LogP contribution in [0.25, 0.3) is 22.0 Å². The van der Waals surface area contributed by atoms with Gasteiger partial charge in [-0.15, -0.1) is 11.8 Å². The molecular weight excluding hydrogens is 575 g/mol. The molecule has 0 saturated carbocycles. The van der Waals surface area contributed by atoms with Crippen LogP contribution in [0.15, 0.2) is 34.0 Å². The number of thioether (sulfide) groups is 1. The SMILES string of the molecule is CCN1CCN(C[C@H]2CSc3c(-c4ccc(F)cc4F)c(C(F)(F)F)cc4c(N5CCNC[C@@H]5C)nc(=O)n2c34)CC1. The first kappa shape index (κ1) is 29.3. The van der Waals surface area contributed by atoms with Crippen molar-refractivity contribution in [2.75, 3.05) is 69.6 Å². The van der Waals surface area contributed by atoms with Crippen LogP contribution >= 0.6 is 11.8 Å². The summed E-state index contributed by atoms with van der Waals surface area (Å²) in [5.41, 5.74) is -1.96. The third kappa shape index (κ3) is 5.29. The molecule has 0 aliphatic carbocycles. The Balaban J connectivity index is 1.60. The summed E-state index contributed by atoms with van der Waals surface area (Å²) < 4.78 is 74.8. The first-order valence-electron chi connectivity index (χ1n) is 14.3. The highest BCUT2D eigenvalue weighted by Crippen LogP contribution is 2.50. The van der Waals surface area contributed by atoms with Crippen LogP contribution in [-0.2, 0) is 6.18 Å². The second-order valence-corrected chi connectivity index (χ2v) is 12.2. The molecule has 0 bridgehead atoms. The van der Waals surface area contributed by atoms with Crippen molar-refractivity contribution in [3.63, 3.8) is 0 Å². The molecule has 4 heterocycles. The number of piperazine rings is 2. The lowest BCUT2D eigenvalue weighted by molar-refractivity contribution is -0.137. The van der Waals surface area contributed by atoms with E-state index >= 15 is 4.39 Å². The standard InChI is InChI=1S/C29H33F5N6OS/c1-3-37-8-10-38(11-9-37)15-19-16-42-26-24(20-5-4-18(30)12-23(20)31)22(29(32,33)34)13-21-25(26)40(19)28(41)36-27(21)39-7-6-35-14-17(39)2/h4-5,12-13,17,19,35H,3,6-11,14-16H2,1-2H3/t17-,19-/m0/s1. The van der Waals surface area contributed by atoms with Gasteiger partial charge < -0.3 is 15.1 Å². The van der Waals surface area contributed by atoms with Crippen molar-refractivity contribution in [2.45, 2.75) is 37.0 Å². The summed E-state index contributed by atoms with van der Waals surface area (Å²) >= 11 is 1.20. The van der Waals surface area contributed by atoms with Crippen LogP contribution in [0.3, 0.4) is 0 Å². The van der Waals surface area contributed by atoms with Crippen LogP contribution in [0.4, 0.5) is 27.8 Å². The van der Waals surface area contributed by atoms with E-state index in [9.17, 15) is 22.4 Å². The zero-order valence-corrected chi connectivity index (χ0v) is 24.3. The Morgan fingerprint density at radius 1 is 1.07 bits per heavy atom. The second kappa shape index (κ2) is 11.4. The number of benzene rings is 2. The maximum atomic E-state index is 15.2. The van der Waals surface area contributed by atoms with Crippen molar-refractivity contribution >= 4 is 28.5 Å². The maximum absolute atomic E-state index is 15.2. The van der Waals surface area contributed by atoms with Gasteiger partial charge in [0.2, 0.25) is 0 Å². The van der Waals surface area contributed by atoms with E-state index in [0.29, 0.717) is 43.5 Å². The normalized spacial score (nSPS) is 22.2. The predicted molar refractivity (Wildman–Crippen MR) is 154 cm³/mol. The monoisotopic (exact) mass is 608 g/mol. The summed E-state index contributed by atoms with van der Waals surface area (Å²) in [7, 11) is 0. The number of nitrogens with zero attached hydrogens (tertiary/aromatic N) is 5.